The van der Waals surface area contributed by atoms with E-state index in [1.54, 1.807) is 7.11 Å². The average molecular weight is 279 g/mol. The molecule has 1 atom stereocenters. The Hall–Kier alpha value is -1.36. The van der Waals surface area contributed by atoms with Crippen LogP contribution < -0.4 is 0 Å². The van der Waals surface area contributed by atoms with Gasteiger partial charge < -0.3 is 9.64 Å². The molecular weight excluding hydrogens is 254 g/mol. The van der Waals surface area contributed by atoms with E-state index >= 15 is 0 Å². The van der Waals surface area contributed by atoms with Crippen LogP contribution in [0.1, 0.15) is 29.8 Å². The number of aromatic nitrogens is 2. The molecule has 1 aromatic heterocycles. The lowest BCUT2D eigenvalue weighted by Gasteiger charge is -2.16. The molecule has 1 aliphatic heterocycles. The van der Waals surface area contributed by atoms with Crippen molar-refractivity contribution < 1.29 is 9.53 Å². The Balaban J connectivity index is 1.85. The maximum atomic E-state index is 12.2. The van der Waals surface area contributed by atoms with Crippen molar-refractivity contribution in [2.45, 2.75) is 40.2 Å². The number of amides is 1. The number of likely N-dealkylation sites (tertiary alicyclic amines) is 1. The summed E-state index contributed by atoms with van der Waals surface area (Å²) in [5.74, 6) is 0.730. The number of hydrogen-bond donors (Lipinski definition) is 0. The summed E-state index contributed by atoms with van der Waals surface area (Å²) in [5, 5.41) is 4.48. The second kappa shape index (κ2) is 6.39. The van der Waals surface area contributed by atoms with Crippen LogP contribution in [0.5, 0.6) is 0 Å². The van der Waals surface area contributed by atoms with Crippen molar-refractivity contribution in [3.63, 3.8) is 0 Å². The topological polar surface area (TPSA) is 47.4 Å². The lowest BCUT2D eigenvalue weighted by Crippen LogP contribution is -2.30. The van der Waals surface area contributed by atoms with Crippen molar-refractivity contribution in [3.8, 4) is 0 Å². The number of carbonyl (C=O) groups excluding carboxylic acids is 1. The molecular formula is C15H25N3O2. The summed E-state index contributed by atoms with van der Waals surface area (Å²) in [6, 6.07) is 0. The molecule has 5 heteroatoms. The summed E-state index contributed by atoms with van der Waals surface area (Å²) in [5.41, 5.74) is 3.43. The fourth-order valence-corrected chi connectivity index (χ4v) is 2.79. The van der Waals surface area contributed by atoms with E-state index in [0.717, 1.165) is 37.5 Å². The Bertz CT molecular complexity index is 482. The molecule has 20 heavy (non-hydrogen) atoms. The second-order valence-electron chi connectivity index (χ2n) is 5.72. The number of ether oxygens (including phenoxy) is 1. The maximum absolute atomic E-state index is 12.2. The molecule has 0 aliphatic carbocycles. The van der Waals surface area contributed by atoms with Gasteiger partial charge in [0.1, 0.15) is 0 Å². The molecule has 0 aromatic carbocycles. The van der Waals surface area contributed by atoms with Crippen LogP contribution in [-0.2, 0) is 16.1 Å². The normalized spacial score (nSPS) is 18.8. The van der Waals surface area contributed by atoms with Gasteiger partial charge in [-0.3, -0.25) is 9.48 Å². The van der Waals surface area contributed by atoms with Gasteiger partial charge in [-0.1, -0.05) is 0 Å². The fourth-order valence-electron chi connectivity index (χ4n) is 2.79. The first-order valence-corrected chi connectivity index (χ1v) is 7.30. The van der Waals surface area contributed by atoms with Gasteiger partial charge in [0.25, 0.3) is 0 Å². The predicted octanol–water partition coefficient (Wildman–Crippen LogP) is 1.69. The molecule has 1 fully saturated rings. The monoisotopic (exact) mass is 279 g/mol. The third-order valence-electron chi connectivity index (χ3n) is 4.32. The third kappa shape index (κ3) is 3.20. The summed E-state index contributed by atoms with van der Waals surface area (Å²) in [6.07, 6.45) is 1.58. The maximum Gasteiger partial charge on any atom is 0.224 e. The molecule has 1 amide bonds. The molecule has 0 spiro atoms. The van der Waals surface area contributed by atoms with Gasteiger partial charge in [0, 0.05) is 44.8 Å². The van der Waals surface area contributed by atoms with E-state index in [1.165, 1.54) is 5.56 Å². The second-order valence-corrected chi connectivity index (χ2v) is 5.72. The Morgan fingerprint density at radius 3 is 2.75 bits per heavy atom. The number of carbonyl (C=O) groups is 1. The standard InChI is InChI=1S/C15H25N3O2/c1-11-12(2)16-18(13(11)3)8-6-15(19)17-7-5-14(9-17)10-20-4/h14H,5-10H2,1-4H3/t14-/m1/s1. The van der Waals surface area contributed by atoms with E-state index in [1.807, 2.05) is 16.5 Å². The summed E-state index contributed by atoms with van der Waals surface area (Å²) in [6.45, 7) is 9.27. The van der Waals surface area contributed by atoms with Crippen LogP contribution in [0.25, 0.3) is 0 Å². The highest BCUT2D eigenvalue weighted by atomic mass is 16.5. The molecule has 0 bridgehead atoms. The van der Waals surface area contributed by atoms with Crippen molar-refractivity contribution in [1.82, 2.24) is 14.7 Å². The summed E-state index contributed by atoms with van der Waals surface area (Å²) >= 11 is 0. The minimum absolute atomic E-state index is 0.230. The van der Waals surface area contributed by atoms with Crippen LogP contribution >= 0.6 is 0 Å². The Labute approximate surface area is 120 Å². The minimum Gasteiger partial charge on any atom is -0.384 e. The van der Waals surface area contributed by atoms with Crippen LogP contribution in [0, 0.1) is 26.7 Å². The highest BCUT2D eigenvalue weighted by Gasteiger charge is 2.25. The molecule has 0 radical (unpaired) electrons. The van der Waals surface area contributed by atoms with Gasteiger partial charge >= 0.3 is 0 Å². The number of methoxy groups -OCH3 is 1. The predicted molar refractivity (Wildman–Crippen MR) is 77.6 cm³/mol. The van der Waals surface area contributed by atoms with Crippen molar-refractivity contribution in [2.24, 2.45) is 5.92 Å². The van der Waals surface area contributed by atoms with E-state index < -0.39 is 0 Å². The Morgan fingerprint density at radius 1 is 1.40 bits per heavy atom. The lowest BCUT2D eigenvalue weighted by molar-refractivity contribution is -0.130. The fraction of sp³-hybridized carbons (Fsp3) is 0.733. The van der Waals surface area contributed by atoms with Crippen LogP contribution in [0.4, 0.5) is 0 Å². The number of hydrogen-bond acceptors (Lipinski definition) is 3. The zero-order valence-corrected chi connectivity index (χ0v) is 13.0. The molecule has 0 N–H and O–H groups in total. The molecule has 112 valence electrons. The van der Waals surface area contributed by atoms with Gasteiger partial charge in [0.15, 0.2) is 0 Å². The van der Waals surface area contributed by atoms with E-state index in [2.05, 4.69) is 18.9 Å². The van der Waals surface area contributed by atoms with Crippen LogP contribution in [-0.4, -0.2) is 47.4 Å². The smallest absolute Gasteiger partial charge is 0.224 e. The van der Waals surface area contributed by atoms with Gasteiger partial charge in [0.2, 0.25) is 5.91 Å². The van der Waals surface area contributed by atoms with Crippen molar-refractivity contribution >= 4 is 5.91 Å². The molecule has 0 unspecified atom stereocenters. The van der Waals surface area contributed by atoms with Gasteiger partial charge in [-0.25, -0.2) is 0 Å². The molecule has 1 aliphatic rings. The van der Waals surface area contributed by atoms with Crippen molar-refractivity contribution in [3.05, 3.63) is 17.0 Å². The summed E-state index contributed by atoms with van der Waals surface area (Å²) in [4.78, 5) is 14.2. The van der Waals surface area contributed by atoms with Crippen LogP contribution in [0.2, 0.25) is 0 Å². The molecule has 0 saturated carbocycles. The molecule has 2 rings (SSSR count). The zero-order valence-electron chi connectivity index (χ0n) is 13.0. The lowest BCUT2D eigenvalue weighted by atomic mass is 10.1. The Kier molecular flexibility index (Phi) is 4.81. The summed E-state index contributed by atoms with van der Waals surface area (Å²) in [7, 11) is 1.72. The molecule has 1 aromatic rings. The van der Waals surface area contributed by atoms with E-state index in [0.29, 0.717) is 18.9 Å². The first-order valence-electron chi connectivity index (χ1n) is 7.30. The summed E-state index contributed by atoms with van der Waals surface area (Å²) < 4.78 is 7.11. The van der Waals surface area contributed by atoms with Crippen molar-refractivity contribution in [2.75, 3.05) is 26.8 Å². The third-order valence-corrected chi connectivity index (χ3v) is 4.32. The molecule has 5 nitrogen and oxygen atoms in total. The molecule has 2 heterocycles. The van der Waals surface area contributed by atoms with Crippen molar-refractivity contribution in [1.29, 1.82) is 0 Å². The zero-order chi connectivity index (χ0) is 14.7. The van der Waals surface area contributed by atoms with E-state index in [-0.39, 0.29) is 5.91 Å². The quantitative estimate of drug-likeness (QED) is 0.824. The molecule has 1 saturated heterocycles. The highest BCUT2D eigenvalue weighted by Crippen LogP contribution is 2.18. The SMILES string of the molecule is COC[C@@H]1CCN(C(=O)CCn2nc(C)c(C)c2C)C1. The number of nitrogens with zero attached hydrogens (tertiary/aromatic N) is 3. The van der Waals surface area contributed by atoms with Gasteiger partial charge in [-0.15, -0.1) is 0 Å². The highest BCUT2D eigenvalue weighted by molar-refractivity contribution is 5.76. The minimum atomic E-state index is 0.230. The van der Waals surface area contributed by atoms with E-state index in [9.17, 15) is 4.79 Å². The first kappa shape index (κ1) is 15.0. The number of rotatable bonds is 5. The number of aryl methyl sites for hydroxylation is 2. The van der Waals surface area contributed by atoms with Gasteiger partial charge in [0.05, 0.1) is 12.3 Å². The van der Waals surface area contributed by atoms with E-state index in [4.69, 9.17) is 4.74 Å². The largest absolute Gasteiger partial charge is 0.384 e. The average Bonchev–Trinajstić information content (AvgIpc) is 2.98. The van der Waals surface area contributed by atoms with Gasteiger partial charge in [-0.05, 0) is 32.8 Å². The van der Waals surface area contributed by atoms with Crippen LogP contribution in [0.3, 0.4) is 0 Å². The van der Waals surface area contributed by atoms with Gasteiger partial charge in [-0.2, -0.15) is 5.10 Å². The first-order chi connectivity index (χ1) is 9.52. The Morgan fingerprint density at radius 2 is 2.15 bits per heavy atom. The van der Waals surface area contributed by atoms with Crippen LogP contribution in [0.15, 0.2) is 0 Å².